The number of hydrogen-bond donors (Lipinski definition) is 0. The van der Waals surface area contributed by atoms with Crippen LogP contribution in [0, 0.1) is 0 Å². The van der Waals surface area contributed by atoms with Gasteiger partial charge < -0.3 is 9.47 Å². The minimum absolute atomic E-state index is 0.610. The monoisotopic (exact) mass is 271 g/mol. The van der Waals surface area contributed by atoms with Crippen molar-refractivity contribution in [2.75, 3.05) is 13.7 Å². The van der Waals surface area contributed by atoms with Crippen LogP contribution in [0.4, 0.5) is 0 Å². The third-order valence-corrected chi connectivity index (χ3v) is 2.55. The Bertz CT molecular complexity index is 571. The summed E-state index contributed by atoms with van der Waals surface area (Å²) in [5, 5.41) is 0. The van der Waals surface area contributed by atoms with E-state index in [2.05, 4.69) is 21.9 Å². The summed E-state index contributed by atoms with van der Waals surface area (Å²) in [5.41, 5.74) is 0.968. The average Bonchev–Trinajstić information content (AvgIpc) is 2.51. The Morgan fingerprint density at radius 3 is 2.50 bits per heavy atom. The maximum Gasteiger partial charge on any atom is 0.155 e. The summed E-state index contributed by atoms with van der Waals surface area (Å²) in [5.74, 6) is 2.16. The molecule has 0 spiro atoms. The SMILES string of the molecule is CCCOc1cc(C=Cc2ncncn2)cc(OC)c1. The maximum absolute atomic E-state index is 5.64. The van der Waals surface area contributed by atoms with Crippen molar-refractivity contribution in [2.24, 2.45) is 0 Å². The number of nitrogens with zero attached hydrogens (tertiary/aromatic N) is 3. The fraction of sp³-hybridized carbons (Fsp3) is 0.267. The van der Waals surface area contributed by atoms with Crippen LogP contribution in [0.2, 0.25) is 0 Å². The van der Waals surface area contributed by atoms with E-state index in [9.17, 15) is 0 Å². The number of aromatic nitrogens is 3. The number of hydrogen-bond acceptors (Lipinski definition) is 5. The Kier molecular flexibility index (Phi) is 5.06. The molecule has 2 aromatic rings. The van der Waals surface area contributed by atoms with E-state index in [4.69, 9.17) is 9.47 Å². The molecule has 0 aliphatic carbocycles. The first-order valence-corrected chi connectivity index (χ1v) is 6.44. The second kappa shape index (κ2) is 7.23. The van der Waals surface area contributed by atoms with Crippen molar-refractivity contribution in [3.63, 3.8) is 0 Å². The van der Waals surface area contributed by atoms with E-state index in [0.717, 1.165) is 23.5 Å². The highest BCUT2D eigenvalue weighted by molar-refractivity contribution is 5.68. The van der Waals surface area contributed by atoms with Crippen molar-refractivity contribution in [1.29, 1.82) is 0 Å². The van der Waals surface area contributed by atoms with E-state index in [1.807, 2.05) is 30.4 Å². The van der Waals surface area contributed by atoms with E-state index in [-0.39, 0.29) is 0 Å². The van der Waals surface area contributed by atoms with Gasteiger partial charge in [-0.25, -0.2) is 15.0 Å². The Labute approximate surface area is 118 Å². The highest BCUT2D eigenvalue weighted by atomic mass is 16.5. The molecule has 0 bridgehead atoms. The molecule has 0 aliphatic heterocycles. The summed E-state index contributed by atoms with van der Waals surface area (Å²) in [7, 11) is 1.64. The highest BCUT2D eigenvalue weighted by Crippen LogP contribution is 2.24. The summed E-state index contributed by atoms with van der Waals surface area (Å²) in [6.07, 6.45) is 7.63. The first-order valence-electron chi connectivity index (χ1n) is 6.44. The topological polar surface area (TPSA) is 57.1 Å². The smallest absolute Gasteiger partial charge is 0.155 e. The lowest BCUT2D eigenvalue weighted by Gasteiger charge is -2.08. The van der Waals surface area contributed by atoms with E-state index in [1.54, 1.807) is 7.11 Å². The molecule has 0 saturated carbocycles. The van der Waals surface area contributed by atoms with Crippen LogP contribution < -0.4 is 9.47 Å². The van der Waals surface area contributed by atoms with Crippen molar-refractivity contribution in [3.05, 3.63) is 42.2 Å². The van der Waals surface area contributed by atoms with Crippen molar-refractivity contribution in [3.8, 4) is 11.5 Å². The fourth-order valence-corrected chi connectivity index (χ4v) is 1.62. The van der Waals surface area contributed by atoms with Crippen LogP contribution in [-0.2, 0) is 0 Å². The summed E-state index contributed by atoms with van der Waals surface area (Å²) in [6.45, 7) is 2.76. The van der Waals surface area contributed by atoms with Gasteiger partial charge in [0.1, 0.15) is 24.2 Å². The average molecular weight is 271 g/mol. The van der Waals surface area contributed by atoms with Crippen LogP contribution in [0.15, 0.2) is 30.9 Å². The van der Waals surface area contributed by atoms with Crippen LogP contribution >= 0.6 is 0 Å². The standard InChI is InChI=1S/C15H17N3O2/c1-3-6-20-14-8-12(7-13(9-14)19-2)4-5-15-17-10-16-11-18-15/h4-5,7-11H,3,6H2,1-2H3. The number of ether oxygens (including phenoxy) is 2. The molecule has 104 valence electrons. The lowest BCUT2D eigenvalue weighted by Crippen LogP contribution is -1.96. The first kappa shape index (κ1) is 14.0. The molecule has 5 nitrogen and oxygen atoms in total. The third kappa shape index (κ3) is 4.05. The van der Waals surface area contributed by atoms with Gasteiger partial charge in [-0.15, -0.1) is 0 Å². The van der Waals surface area contributed by atoms with Crippen LogP contribution in [-0.4, -0.2) is 28.7 Å². The molecule has 0 unspecified atom stereocenters. The quantitative estimate of drug-likeness (QED) is 0.808. The van der Waals surface area contributed by atoms with Gasteiger partial charge in [-0.1, -0.05) is 13.0 Å². The molecule has 0 amide bonds. The second-order valence-electron chi connectivity index (χ2n) is 4.12. The Balaban J connectivity index is 2.19. The van der Waals surface area contributed by atoms with Gasteiger partial charge >= 0.3 is 0 Å². The Morgan fingerprint density at radius 1 is 1.05 bits per heavy atom. The van der Waals surface area contributed by atoms with E-state index >= 15 is 0 Å². The predicted octanol–water partition coefficient (Wildman–Crippen LogP) is 2.84. The summed E-state index contributed by atoms with van der Waals surface area (Å²) >= 11 is 0. The molecule has 1 heterocycles. The van der Waals surface area contributed by atoms with Gasteiger partial charge in [-0.05, 0) is 30.2 Å². The molecule has 0 radical (unpaired) electrons. The summed E-state index contributed by atoms with van der Waals surface area (Å²) < 4.78 is 10.9. The zero-order valence-corrected chi connectivity index (χ0v) is 11.6. The first-order chi connectivity index (χ1) is 9.81. The van der Waals surface area contributed by atoms with Gasteiger partial charge in [0, 0.05) is 6.07 Å². The van der Waals surface area contributed by atoms with Gasteiger partial charge in [0.15, 0.2) is 5.82 Å². The van der Waals surface area contributed by atoms with Gasteiger partial charge in [0.05, 0.1) is 13.7 Å². The zero-order chi connectivity index (χ0) is 14.2. The van der Waals surface area contributed by atoms with Crippen molar-refractivity contribution in [1.82, 2.24) is 15.0 Å². The van der Waals surface area contributed by atoms with Crippen LogP contribution in [0.1, 0.15) is 24.7 Å². The molecule has 0 atom stereocenters. The molecule has 5 heteroatoms. The Hall–Kier alpha value is -2.43. The maximum atomic E-state index is 5.64. The Morgan fingerprint density at radius 2 is 1.80 bits per heavy atom. The fourth-order valence-electron chi connectivity index (χ4n) is 1.62. The number of benzene rings is 1. The molecule has 1 aromatic carbocycles. The molecule has 0 fully saturated rings. The molecular weight excluding hydrogens is 254 g/mol. The zero-order valence-electron chi connectivity index (χ0n) is 11.6. The van der Waals surface area contributed by atoms with Gasteiger partial charge in [0.2, 0.25) is 0 Å². The van der Waals surface area contributed by atoms with Gasteiger partial charge in [-0.3, -0.25) is 0 Å². The van der Waals surface area contributed by atoms with Crippen molar-refractivity contribution >= 4 is 12.2 Å². The second-order valence-corrected chi connectivity index (χ2v) is 4.12. The van der Waals surface area contributed by atoms with Gasteiger partial charge in [-0.2, -0.15) is 0 Å². The largest absolute Gasteiger partial charge is 0.497 e. The van der Waals surface area contributed by atoms with Crippen LogP contribution in [0.3, 0.4) is 0 Å². The van der Waals surface area contributed by atoms with Crippen molar-refractivity contribution in [2.45, 2.75) is 13.3 Å². The lowest BCUT2D eigenvalue weighted by atomic mass is 10.2. The van der Waals surface area contributed by atoms with E-state index < -0.39 is 0 Å². The molecule has 1 aromatic heterocycles. The summed E-state index contributed by atoms with van der Waals surface area (Å²) in [6, 6.07) is 5.75. The van der Waals surface area contributed by atoms with Gasteiger partial charge in [0.25, 0.3) is 0 Å². The minimum Gasteiger partial charge on any atom is -0.497 e. The van der Waals surface area contributed by atoms with E-state index in [1.165, 1.54) is 12.7 Å². The predicted molar refractivity (Wildman–Crippen MR) is 77.5 cm³/mol. The number of rotatable bonds is 6. The normalized spacial score (nSPS) is 10.7. The summed E-state index contributed by atoms with van der Waals surface area (Å²) in [4.78, 5) is 11.9. The molecule has 0 saturated heterocycles. The highest BCUT2D eigenvalue weighted by Gasteiger charge is 2.01. The molecular formula is C15H17N3O2. The molecule has 20 heavy (non-hydrogen) atoms. The molecule has 0 aliphatic rings. The van der Waals surface area contributed by atoms with Crippen LogP contribution in [0.5, 0.6) is 11.5 Å². The minimum atomic E-state index is 0.610. The third-order valence-electron chi connectivity index (χ3n) is 2.55. The van der Waals surface area contributed by atoms with Crippen molar-refractivity contribution < 1.29 is 9.47 Å². The molecule has 0 N–H and O–H groups in total. The lowest BCUT2D eigenvalue weighted by molar-refractivity contribution is 0.314. The van der Waals surface area contributed by atoms with Crippen LogP contribution in [0.25, 0.3) is 12.2 Å². The molecule has 2 rings (SSSR count). The van der Waals surface area contributed by atoms with E-state index in [0.29, 0.717) is 12.4 Å². The number of methoxy groups -OCH3 is 1.